The molecule has 0 amide bonds. The zero-order valence-electron chi connectivity index (χ0n) is 13.6. The van der Waals surface area contributed by atoms with E-state index in [9.17, 15) is 27.7 Å². The van der Waals surface area contributed by atoms with Crippen LogP contribution in [0.1, 0.15) is 11.1 Å². The topological polar surface area (TPSA) is 70.8 Å². The lowest BCUT2D eigenvalue weighted by Crippen LogP contribution is -2.12. The minimum atomic E-state index is -4.66. The molecule has 140 valence electrons. The van der Waals surface area contributed by atoms with Crippen molar-refractivity contribution in [1.82, 2.24) is 0 Å². The van der Waals surface area contributed by atoms with E-state index >= 15 is 0 Å². The van der Waals surface area contributed by atoms with E-state index in [1.807, 2.05) is 0 Å². The smallest absolute Gasteiger partial charge is 0.416 e. The maximum absolute atomic E-state index is 13.6. The van der Waals surface area contributed by atoms with E-state index in [4.69, 9.17) is 14.2 Å². The average molecular weight is 375 g/mol. The third-order valence-electron chi connectivity index (χ3n) is 3.46. The molecule has 0 radical (unpaired) electrons. The summed E-state index contributed by atoms with van der Waals surface area (Å²) in [7, 11) is 2.36. The van der Waals surface area contributed by atoms with Gasteiger partial charge in [-0.05, 0) is 12.1 Å². The predicted molar refractivity (Wildman–Crippen MR) is 81.9 cm³/mol. The minimum Gasteiger partial charge on any atom is -0.496 e. The second-order valence-electron chi connectivity index (χ2n) is 4.98. The summed E-state index contributed by atoms with van der Waals surface area (Å²) in [5.74, 6) is -1.71. The monoisotopic (exact) mass is 375 g/mol. The predicted octanol–water partition coefficient (Wildman–Crippen LogP) is 4.35. The lowest BCUT2D eigenvalue weighted by molar-refractivity contribution is -0.387. The number of nitrogens with zero attached hydrogens (tertiary/aromatic N) is 1. The van der Waals surface area contributed by atoms with Crippen molar-refractivity contribution in [2.24, 2.45) is 0 Å². The fourth-order valence-corrected chi connectivity index (χ4v) is 2.26. The average Bonchev–Trinajstić information content (AvgIpc) is 2.58. The summed E-state index contributed by atoms with van der Waals surface area (Å²) < 4.78 is 68.2. The van der Waals surface area contributed by atoms with Crippen molar-refractivity contribution in [2.45, 2.75) is 12.8 Å². The highest BCUT2D eigenvalue weighted by molar-refractivity contribution is 5.50. The van der Waals surface area contributed by atoms with Crippen molar-refractivity contribution >= 4 is 5.69 Å². The molecule has 0 atom stereocenters. The molecule has 0 unspecified atom stereocenters. The first-order valence-electron chi connectivity index (χ1n) is 7.06. The molecule has 2 aromatic carbocycles. The summed E-state index contributed by atoms with van der Waals surface area (Å²) in [6.45, 7) is -0.627. The highest BCUT2D eigenvalue weighted by Gasteiger charge is 2.35. The standard InChI is InChI=1S/C16H13F4NO5/c1-24-13-5-3-4-10(16(18,19)20)9(13)8-26-15-7-12(21(22)23)11(17)6-14(15)25-2/h3-7H,8H2,1-2H3. The van der Waals surface area contributed by atoms with Gasteiger partial charge in [0.15, 0.2) is 11.5 Å². The van der Waals surface area contributed by atoms with Crippen LogP contribution in [0.5, 0.6) is 17.2 Å². The van der Waals surface area contributed by atoms with E-state index in [0.717, 1.165) is 25.3 Å². The number of hydrogen-bond acceptors (Lipinski definition) is 5. The Hall–Kier alpha value is -3.04. The molecule has 6 nitrogen and oxygen atoms in total. The van der Waals surface area contributed by atoms with Crippen LogP contribution in [-0.2, 0) is 12.8 Å². The van der Waals surface area contributed by atoms with E-state index < -0.39 is 34.8 Å². The first-order valence-corrected chi connectivity index (χ1v) is 7.06. The number of methoxy groups -OCH3 is 2. The van der Waals surface area contributed by atoms with Gasteiger partial charge in [-0.3, -0.25) is 10.1 Å². The van der Waals surface area contributed by atoms with Crippen LogP contribution in [0.2, 0.25) is 0 Å². The summed E-state index contributed by atoms with van der Waals surface area (Å²) in [6.07, 6.45) is -4.66. The Morgan fingerprint density at radius 2 is 1.73 bits per heavy atom. The molecule has 0 heterocycles. The van der Waals surface area contributed by atoms with E-state index in [1.165, 1.54) is 19.2 Å². The SMILES string of the molecule is COc1cc(F)c([N+](=O)[O-])cc1OCc1c(OC)cccc1C(F)(F)F. The van der Waals surface area contributed by atoms with Gasteiger partial charge in [-0.15, -0.1) is 0 Å². The molecule has 2 aromatic rings. The van der Waals surface area contributed by atoms with E-state index in [-0.39, 0.29) is 22.8 Å². The number of benzene rings is 2. The van der Waals surface area contributed by atoms with E-state index in [2.05, 4.69) is 0 Å². The zero-order chi connectivity index (χ0) is 19.5. The number of halogens is 4. The van der Waals surface area contributed by atoms with Gasteiger partial charge >= 0.3 is 11.9 Å². The van der Waals surface area contributed by atoms with Crippen LogP contribution in [0.3, 0.4) is 0 Å². The van der Waals surface area contributed by atoms with Gasteiger partial charge in [-0.25, -0.2) is 0 Å². The number of alkyl halides is 3. The lowest BCUT2D eigenvalue weighted by Gasteiger charge is -2.17. The van der Waals surface area contributed by atoms with Gasteiger partial charge in [0.05, 0.1) is 30.8 Å². The molecular weight excluding hydrogens is 362 g/mol. The summed E-state index contributed by atoms with van der Waals surface area (Å²) in [4.78, 5) is 9.85. The molecular formula is C16H13F4NO5. The minimum absolute atomic E-state index is 0.0737. The van der Waals surface area contributed by atoms with Crippen LogP contribution in [-0.4, -0.2) is 19.1 Å². The third-order valence-corrected chi connectivity index (χ3v) is 3.46. The maximum atomic E-state index is 13.6. The zero-order valence-corrected chi connectivity index (χ0v) is 13.6. The summed E-state index contributed by atoms with van der Waals surface area (Å²) in [5.41, 5.74) is -2.18. The van der Waals surface area contributed by atoms with Crippen molar-refractivity contribution < 1.29 is 36.7 Å². The molecule has 0 aliphatic carbocycles. The summed E-state index contributed by atoms with van der Waals surface area (Å²) in [6, 6.07) is 4.81. The number of ether oxygens (including phenoxy) is 3. The van der Waals surface area contributed by atoms with Crippen LogP contribution in [0.4, 0.5) is 23.2 Å². The summed E-state index contributed by atoms with van der Waals surface area (Å²) in [5, 5.41) is 10.8. The Balaban J connectivity index is 2.43. The largest absolute Gasteiger partial charge is 0.496 e. The molecule has 0 fully saturated rings. The molecule has 0 aromatic heterocycles. The molecule has 0 bridgehead atoms. The summed E-state index contributed by atoms with van der Waals surface area (Å²) >= 11 is 0. The van der Waals surface area contributed by atoms with Crippen LogP contribution >= 0.6 is 0 Å². The fourth-order valence-electron chi connectivity index (χ4n) is 2.26. The van der Waals surface area contributed by atoms with Gasteiger partial charge in [-0.2, -0.15) is 17.6 Å². The Labute approximate surface area is 145 Å². The van der Waals surface area contributed by atoms with Crippen molar-refractivity contribution in [3.8, 4) is 17.2 Å². The number of nitro benzene ring substituents is 1. The van der Waals surface area contributed by atoms with Crippen molar-refractivity contribution in [3.63, 3.8) is 0 Å². The Morgan fingerprint density at radius 1 is 1.08 bits per heavy atom. The Morgan fingerprint density at radius 3 is 2.27 bits per heavy atom. The van der Waals surface area contributed by atoms with Crippen LogP contribution < -0.4 is 14.2 Å². The second kappa shape index (κ2) is 7.46. The van der Waals surface area contributed by atoms with Gasteiger partial charge in [0, 0.05) is 11.6 Å². The second-order valence-corrected chi connectivity index (χ2v) is 4.98. The molecule has 0 N–H and O–H groups in total. The molecule has 0 aliphatic rings. The molecule has 0 spiro atoms. The molecule has 2 rings (SSSR count). The third kappa shape index (κ3) is 3.95. The van der Waals surface area contributed by atoms with Crippen LogP contribution in [0.25, 0.3) is 0 Å². The van der Waals surface area contributed by atoms with Gasteiger partial charge in [0.2, 0.25) is 5.82 Å². The molecule has 10 heteroatoms. The number of rotatable bonds is 6. The van der Waals surface area contributed by atoms with Crippen molar-refractivity contribution in [1.29, 1.82) is 0 Å². The fraction of sp³-hybridized carbons (Fsp3) is 0.250. The lowest BCUT2D eigenvalue weighted by atomic mass is 10.1. The van der Waals surface area contributed by atoms with Gasteiger partial charge in [0.1, 0.15) is 12.4 Å². The Bertz CT molecular complexity index is 823. The van der Waals surface area contributed by atoms with Crippen LogP contribution in [0, 0.1) is 15.9 Å². The van der Waals surface area contributed by atoms with Gasteiger partial charge in [-0.1, -0.05) is 6.07 Å². The van der Waals surface area contributed by atoms with Crippen LogP contribution in [0.15, 0.2) is 30.3 Å². The van der Waals surface area contributed by atoms with Crippen molar-refractivity contribution in [2.75, 3.05) is 14.2 Å². The van der Waals surface area contributed by atoms with Gasteiger partial charge < -0.3 is 14.2 Å². The highest BCUT2D eigenvalue weighted by Crippen LogP contribution is 2.38. The Kier molecular flexibility index (Phi) is 5.53. The van der Waals surface area contributed by atoms with E-state index in [1.54, 1.807) is 0 Å². The molecule has 0 saturated heterocycles. The quantitative estimate of drug-likeness (QED) is 0.427. The van der Waals surface area contributed by atoms with Crippen molar-refractivity contribution in [3.05, 3.63) is 57.4 Å². The first kappa shape index (κ1) is 19.3. The number of nitro groups is 1. The van der Waals surface area contributed by atoms with E-state index in [0.29, 0.717) is 0 Å². The molecule has 0 saturated carbocycles. The van der Waals surface area contributed by atoms with Gasteiger partial charge in [0.25, 0.3) is 0 Å². The molecule has 0 aliphatic heterocycles. The number of hydrogen-bond donors (Lipinski definition) is 0. The first-order chi connectivity index (χ1) is 12.2. The normalized spacial score (nSPS) is 11.2. The molecule has 26 heavy (non-hydrogen) atoms. The highest BCUT2D eigenvalue weighted by atomic mass is 19.4. The maximum Gasteiger partial charge on any atom is 0.416 e.